The molecule has 1 amide bonds. The Morgan fingerprint density at radius 3 is 2.52 bits per heavy atom. The molecule has 2 heterocycles. The molecule has 146 valence electrons. The zero-order valence-corrected chi connectivity index (χ0v) is 15.8. The summed E-state index contributed by atoms with van der Waals surface area (Å²) in [6.45, 7) is 0. The molecule has 0 spiro atoms. The Morgan fingerprint density at radius 2 is 1.86 bits per heavy atom. The van der Waals surface area contributed by atoms with E-state index in [0.29, 0.717) is 11.1 Å². The van der Waals surface area contributed by atoms with Gasteiger partial charge in [0.1, 0.15) is 27.7 Å². The fourth-order valence-electron chi connectivity index (χ4n) is 2.71. The molecule has 29 heavy (non-hydrogen) atoms. The van der Waals surface area contributed by atoms with Crippen LogP contribution in [0.2, 0.25) is 5.02 Å². The van der Waals surface area contributed by atoms with E-state index < -0.39 is 28.5 Å². The minimum atomic E-state index is -1.38. The Morgan fingerprint density at radius 1 is 1.17 bits per heavy atom. The molecular formula is C19H9ClF2N2O4S. The Hall–Kier alpha value is -3.30. The number of para-hydroxylation sites is 2. The van der Waals surface area contributed by atoms with Crippen LogP contribution in [0.3, 0.4) is 0 Å². The first kappa shape index (κ1) is 19.0. The fourth-order valence-corrected chi connectivity index (χ4v) is 3.80. The smallest absolute Gasteiger partial charge is 0.339 e. The maximum atomic E-state index is 13.8. The summed E-state index contributed by atoms with van der Waals surface area (Å²) in [5, 5.41) is 12.7. The van der Waals surface area contributed by atoms with Crippen LogP contribution in [0.5, 0.6) is 0 Å². The lowest BCUT2D eigenvalue weighted by molar-refractivity contribution is 0.0699. The standard InChI is InChI=1S/C19H9ClF2N2O4S/c20-15-9(21)5-8(6-10(15)22)16-14(19(26)27)12(7-29-16)23-17(25)18-24-11-3-1-2-4-13(11)28-18/h1-7H,(H,23,25)(H,26,27). The van der Waals surface area contributed by atoms with E-state index in [1.54, 1.807) is 24.3 Å². The van der Waals surface area contributed by atoms with Crippen molar-refractivity contribution in [3.05, 3.63) is 69.9 Å². The van der Waals surface area contributed by atoms with E-state index in [-0.39, 0.29) is 27.6 Å². The molecule has 0 radical (unpaired) electrons. The second kappa shape index (κ2) is 7.26. The van der Waals surface area contributed by atoms with E-state index in [0.717, 1.165) is 23.5 Å². The second-order valence-electron chi connectivity index (χ2n) is 5.85. The molecule has 10 heteroatoms. The largest absolute Gasteiger partial charge is 0.478 e. The van der Waals surface area contributed by atoms with Crippen molar-refractivity contribution in [2.75, 3.05) is 5.32 Å². The number of oxazole rings is 1. The molecule has 2 N–H and O–H groups in total. The zero-order chi connectivity index (χ0) is 20.7. The van der Waals surface area contributed by atoms with Crippen LogP contribution in [-0.2, 0) is 0 Å². The van der Waals surface area contributed by atoms with Crippen molar-refractivity contribution < 1.29 is 27.9 Å². The Labute approximate surface area is 170 Å². The van der Waals surface area contributed by atoms with Gasteiger partial charge < -0.3 is 14.8 Å². The summed E-state index contributed by atoms with van der Waals surface area (Å²) < 4.78 is 32.9. The van der Waals surface area contributed by atoms with Gasteiger partial charge in [0.15, 0.2) is 5.58 Å². The molecule has 4 rings (SSSR count). The summed E-state index contributed by atoms with van der Waals surface area (Å²) >= 11 is 6.38. The first-order chi connectivity index (χ1) is 13.8. The lowest BCUT2D eigenvalue weighted by atomic mass is 10.1. The van der Waals surface area contributed by atoms with Gasteiger partial charge >= 0.3 is 11.9 Å². The van der Waals surface area contributed by atoms with E-state index in [2.05, 4.69) is 10.3 Å². The summed E-state index contributed by atoms with van der Waals surface area (Å²) in [7, 11) is 0. The average Bonchev–Trinajstić information content (AvgIpc) is 3.29. The van der Waals surface area contributed by atoms with Gasteiger partial charge in [0, 0.05) is 5.38 Å². The number of halogens is 3. The number of hydrogen-bond acceptors (Lipinski definition) is 5. The number of amides is 1. The number of benzene rings is 2. The van der Waals surface area contributed by atoms with Gasteiger partial charge in [-0.1, -0.05) is 23.7 Å². The fraction of sp³-hybridized carbons (Fsp3) is 0. The molecule has 0 aliphatic carbocycles. The van der Waals surface area contributed by atoms with Crippen LogP contribution in [0.15, 0.2) is 46.2 Å². The normalized spacial score (nSPS) is 11.0. The first-order valence-electron chi connectivity index (χ1n) is 8.01. The molecule has 0 aliphatic heterocycles. The third-order valence-corrected chi connectivity index (χ3v) is 5.38. The van der Waals surface area contributed by atoms with E-state index in [9.17, 15) is 23.5 Å². The molecule has 0 atom stereocenters. The molecule has 0 unspecified atom stereocenters. The minimum Gasteiger partial charge on any atom is -0.478 e. The van der Waals surface area contributed by atoms with Gasteiger partial charge in [0.25, 0.3) is 5.89 Å². The van der Waals surface area contributed by atoms with Gasteiger partial charge in [-0.2, -0.15) is 0 Å². The van der Waals surface area contributed by atoms with Crippen LogP contribution in [-0.4, -0.2) is 22.0 Å². The van der Waals surface area contributed by atoms with Crippen LogP contribution in [0.25, 0.3) is 21.5 Å². The van der Waals surface area contributed by atoms with E-state index >= 15 is 0 Å². The topological polar surface area (TPSA) is 92.4 Å². The van der Waals surface area contributed by atoms with Crippen LogP contribution >= 0.6 is 22.9 Å². The maximum Gasteiger partial charge on any atom is 0.339 e. The third kappa shape index (κ3) is 3.45. The summed E-state index contributed by atoms with van der Waals surface area (Å²) in [6, 6.07) is 8.59. The number of anilines is 1. The molecule has 0 aliphatic rings. The highest BCUT2D eigenvalue weighted by Gasteiger charge is 2.24. The second-order valence-corrected chi connectivity index (χ2v) is 7.11. The summed E-state index contributed by atoms with van der Waals surface area (Å²) in [6.07, 6.45) is 0. The number of rotatable bonds is 4. The summed E-state index contributed by atoms with van der Waals surface area (Å²) in [5.41, 5.74) is 0.471. The SMILES string of the molecule is O=C(Nc1csc(-c2cc(F)c(Cl)c(F)c2)c1C(=O)O)c1nc2ccccc2o1. The predicted octanol–water partition coefficient (Wildman–Crippen LogP) is 5.44. The number of hydrogen-bond donors (Lipinski definition) is 2. The average molecular weight is 435 g/mol. The van der Waals surface area contributed by atoms with Gasteiger partial charge in [0.2, 0.25) is 0 Å². The summed E-state index contributed by atoms with van der Waals surface area (Å²) in [5.74, 6) is -4.45. The highest BCUT2D eigenvalue weighted by Crippen LogP contribution is 2.38. The lowest BCUT2D eigenvalue weighted by Crippen LogP contribution is -2.14. The quantitative estimate of drug-likeness (QED) is 0.417. The van der Waals surface area contributed by atoms with E-state index in [1.165, 1.54) is 5.38 Å². The lowest BCUT2D eigenvalue weighted by Gasteiger charge is -2.06. The van der Waals surface area contributed by atoms with Crippen molar-refractivity contribution in [1.82, 2.24) is 4.98 Å². The minimum absolute atomic E-state index is 0.0193. The summed E-state index contributed by atoms with van der Waals surface area (Å²) in [4.78, 5) is 28.3. The van der Waals surface area contributed by atoms with Crippen molar-refractivity contribution in [3.63, 3.8) is 0 Å². The van der Waals surface area contributed by atoms with Gasteiger partial charge in [0.05, 0.1) is 10.6 Å². The Bertz CT molecular complexity index is 1230. The zero-order valence-electron chi connectivity index (χ0n) is 14.2. The number of carboxylic acids is 1. The van der Waals surface area contributed by atoms with Gasteiger partial charge in [-0.15, -0.1) is 11.3 Å². The molecule has 0 fully saturated rings. The van der Waals surface area contributed by atoms with Crippen LogP contribution in [0.4, 0.5) is 14.5 Å². The van der Waals surface area contributed by atoms with Crippen molar-refractivity contribution in [3.8, 4) is 10.4 Å². The highest BCUT2D eigenvalue weighted by atomic mass is 35.5. The number of aromatic carboxylic acids is 1. The van der Waals surface area contributed by atoms with Gasteiger partial charge in [-0.3, -0.25) is 4.79 Å². The van der Waals surface area contributed by atoms with Crippen LogP contribution < -0.4 is 5.32 Å². The third-order valence-electron chi connectivity index (χ3n) is 3.99. The molecule has 6 nitrogen and oxygen atoms in total. The van der Waals surface area contributed by atoms with Gasteiger partial charge in [-0.05, 0) is 29.8 Å². The molecule has 0 saturated carbocycles. The van der Waals surface area contributed by atoms with Gasteiger partial charge in [-0.25, -0.2) is 18.6 Å². The number of carboxylic acid groups (broad SMARTS) is 1. The molecule has 0 saturated heterocycles. The highest BCUT2D eigenvalue weighted by molar-refractivity contribution is 7.14. The monoisotopic (exact) mass is 434 g/mol. The number of thiophene rings is 1. The van der Waals surface area contributed by atoms with Crippen molar-refractivity contribution in [2.45, 2.75) is 0 Å². The number of nitrogens with one attached hydrogen (secondary N) is 1. The molecule has 0 bridgehead atoms. The Kier molecular flexibility index (Phi) is 4.77. The molecule has 2 aromatic carbocycles. The predicted molar refractivity (Wildman–Crippen MR) is 104 cm³/mol. The number of carbonyl (C=O) groups excluding carboxylic acids is 1. The Balaban J connectivity index is 1.71. The van der Waals surface area contributed by atoms with Crippen LogP contribution in [0, 0.1) is 11.6 Å². The van der Waals surface area contributed by atoms with Crippen molar-refractivity contribution >= 4 is 51.6 Å². The number of nitrogens with zero attached hydrogens (tertiary/aromatic N) is 1. The van der Waals surface area contributed by atoms with E-state index in [1.807, 2.05) is 0 Å². The number of carbonyl (C=O) groups is 2. The molecule has 2 aromatic heterocycles. The maximum absolute atomic E-state index is 13.8. The molecule has 4 aromatic rings. The number of aromatic nitrogens is 1. The molecular weight excluding hydrogens is 426 g/mol. The van der Waals surface area contributed by atoms with Crippen molar-refractivity contribution in [2.24, 2.45) is 0 Å². The van der Waals surface area contributed by atoms with E-state index in [4.69, 9.17) is 16.0 Å². The first-order valence-corrected chi connectivity index (χ1v) is 9.27. The van der Waals surface area contributed by atoms with Crippen molar-refractivity contribution in [1.29, 1.82) is 0 Å². The van der Waals surface area contributed by atoms with Crippen LogP contribution in [0.1, 0.15) is 21.0 Å². The number of fused-ring (bicyclic) bond motifs is 1.